The van der Waals surface area contributed by atoms with Gasteiger partial charge in [-0.3, -0.25) is 0 Å². The Balaban J connectivity index is 2.95. The SMILES string of the molecule is CN(C)c1cc(F)ccc1CC(N)C(F)F. The van der Waals surface area contributed by atoms with Crippen molar-refractivity contribution in [3.05, 3.63) is 29.6 Å². The molecule has 0 fully saturated rings. The van der Waals surface area contributed by atoms with Crippen LogP contribution in [-0.4, -0.2) is 26.6 Å². The van der Waals surface area contributed by atoms with Gasteiger partial charge in [-0.25, -0.2) is 13.2 Å². The van der Waals surface area contributed by atoms with Gasteiger partial charge in [0.1, 0.15) is 5.82 Å². The van der Waals surface area contributed by atoms with E-state index >= 15 is 0 Å². The zero-order chi connectivity index (χ0) is 12.3. The zero-order valence-electron chi connectivity index (χ0n) is 9.25. The summed E-state index contributed by atoms with van der Waals surface area (Å²) >= 11 is 0. The highest BCUT2D eigenvalue weighted by Crippen LogP contribution is 2.22. The van der Waals surface area contributed by atoms with Crippen LogP contribution in [0, 0.1) is 5.82 Å². The molecular weight excluding hydrogens is 217 g/mol. The first-order chi connectivity index (χ1) is 7.41. The molecule has 1 aromatic rings. The van der Waals surface area contributed by atoms with Crippen molar-refractivity contribution in [2.24, 2.45) is 5.73 Å². The van der Waals surface area contributed by atoms with E-state index in [1.165, 1.54) is 18.2 Å². The molecule has 0 amide bonds. The minimum atomic E-state index is -2.57. The van der Waals surface area contributed by atoms with Crippen molar-refractivity contribution in [2.45, 2.75) is 18.9 Å². The average molecular weight is 232 g/mol. The average Bonchev–Trinajstić information content (AvgIpc) is 2.20. The van der Waals surface area contributed by atoms with Crippen LogP contribution in [0.15, 0.2) is 18.2 Å². The van der Waals surface area contributed by atoms with Gasteiger partial charge < -0.3 is 10.6 Å². The number of nitrogens with two attached hydrogens (primary N) is 1. The summed E-state index contributed by atoms with van der Waals surface area (Å²) in [7, 11) is 3.46. The summed E-state index contributed by atoms with van der Waals surface area (Å²) in [6.07, 6.45) is -2.54. The van der Waals surface area contributed by atoms with Gasteiger partial charge in [0, 0.05) is 19.8 Å². The standard InChI is InChI=1S/C11H15F3N2/c1-16(2)10-6-8(12)4-3-7(10)5-9(15)11(13)14/h3-4,6,9,11H,5,15H2,1-2H3. The highest BCUT2D eigenvalue weighted by atomic mass is 19.3. The molecule has 1 aromatic carbocycles. The van der Waals surface area contributed by atoms with E-state index in [4.69, 9.17) is 5.73 Å². The van der Waals surface area contributed by atoms with Gasteiger partial charge in [0.25, 0.3) is 6.43 Å². The summed E-state index contributed by atoms with van der Waals surface area (Å²) in [5.41, 5.74) is 6.50. The number of anilines is 1. The van der Waals surface area contributed by atoms with Crippen LogP contribution in [0.3, 0.4) is 0 Å². The number of hydrogen-bond acceptors (Lipinski definition) is 2. The molecule has 90 valence electrons. The Labute approximate surface area is 92.9 Å². The Morgan fingerprint density at radius 2 is 1.94 bits per heavy atom. The molecule has 0 bridgehead atoms. The van der Waals surface area contributed by atoms with Gasteiger partial charge in [-0.05, 0) is 24.1 Å². The summed E-state index contributed by atoms with van der Waals surface area (Å²) in [6.45, 7) is 0. The van der Waals surface area contributed by atoms with Gasteiger partial charge in [0.15, 0.2) is 0 Å². The van der Waals surface area contributed by atoms with Crippen LogP contribution in [0.5, 0.6) is 0 Å². The molecule has 16 heavy (non-hydrogen) atoms. The van der Waals surface area contributed by atoms with Gasteiger partial charge in [-0.1, -0.05) is 6.07 Å². The van der Waals surface area contributed by atoms with Crippen LogP contribution in [0.2, 0.25) is 0 Å². The number of hydrogen-bond donors (Lipinski definition) is 1. The van der Waals surface area contributed by atoms with Crippen molar-refractivity contribution in [2.75, 3.05) is 19.0 Å². The summed E-state index contributed by atoms with van der Waals surface area (Å²) in [5, 5.41) is 0. The van der Waals surface area contributed by atoms with Crippen molar-refractivity contribution >= 4 is 5.69 Å². The quantitative estimate of drug-likeness (QED) is 0.860. The van der Waals surface area contributed by atoms with Crippen molar-refractivity contribution < 1.29 is 13.2 Å². The van der Waals surface area contributed by atoms with Crippen LogP contribution in [0.25, 0.3) is 0 Å². The maximum Gasteiger partial charge on any atom is 0.253 e. The molecule has 2 nitrogen and oxygen atoms in total. The van der Waals surface area contributed by atoms with Gasteiger partial charge in [-0.2, -0.15) is 0 Å². The van der Waals surface area contributed by atoms with Crippen LogP contribution in [-0.2, 0) is 6.42 Å². The summed E-state index contributed by atoms with van der Waals surface area (Å²) in [5.74, 6) is -0.391. The Morgan fingerprint density at radius 3 is 2.44 bits per heavy atom. The smallest absolute Gasteiger partial charge is 0.253 e. The molecule has 5 heteroatoms. The lowest BCUT2D eigenvalue weighted by Gasteiger charge is -2.19. The molecule has 1 unspecified atom stereocenters. The van der Waals surface area contributed by atoms with Crippen molar-refractivity contribution in [3.8, 4) is 0 Å². The van der Waals surface area contributed by atoms with Gasteiger partial charge in [0.05, 0.1) is 6.04 Å². The zero-order valence-corrected chi connectivity index (χ0v) is 9.25. The molecular formula is C11H15F3N2. The minimum absolute atomic E-state index is 0.0332. The number of alkyl halides is 2. The van der Waals surface area contributed by atoms with E-state index in [1.807, 2.05) is 0 Å². The Bertz CT molecular complexity index is 353. The predicted octanol–water partition coefficient (Wildman–Crippen LogP) is 2.03. The molecule has 0 radical (unpaired) electrons. The molecule has 0 aliphatic rings. The second kappa shape index (κ2) is 5.21. The first-order valence-electron chi connectivity index (χ1n) is 4.91. The number of halogens is 3. The lowest BCUT2D eigenvalue weighted by molar-refractivity contribution is 0.116. The van der Waals surface area contributed by atoms with E-state index in [-0.39, 0.29) is 6.42 Å². The second-order valence-electron chi connectivity index (χ2n) is 3.87. The van der Waals surface area contributed by atoms with Crippen molar-refractivity contribution in [1.82, 2.24) is 0 Å². The van der Waals surface area contributed by atoms with Gasteiger partial charge in [-0.15, -0.1) is 0 Å². The molecule has 0 heterocycles. The predicted molar refractivity (Wildman–Crippen MR) is 58.4 cm³/mol. The Morgan fingerprint density at radius 1 is 1.31 bits per heavy atom. The monoisotopic (exact) mass is 232 g/mol. The molecule has 0 aliphatic carbocycles. The summed E-state index contributed by atoms with van der Waals surface area (Å²) < 4.78 is 37.6. The molecule has 1 rings (SSSR count). The normalized spacial score (nSPS) is 12.9. The number of rotatable bonds is 4. The highest BCUT2D eigenvalue weighted by Gasteiger charge is 2.18. The third-order valence-corrected chi connectivity index (χ3v) is 2.31. The molecule has 0 aromatic heterocycles. The largest absolute Gasteiger partial charge is 0.377 e. The Hall–Kier alpha value is -1.23. The van der Waals surface area contributed by atoms with Crippen molar-refractivity contribution in [1.29, 1.82) is 0 Å². The minimum Gasteiger partial charge on any atom is -0.377 e. The molecule has 0 saturated carbocycles. The maximum atomic E-state index is 13.0. The second-order valence-corrected chi connectivity index (χ2v) is 3.87. The van der Waals surface area contributed by atoms with Gasteiger partial charge >= 0.3 is 0 Å². The lowest BCUT2D eigenvalue weighted by atomic mass is 10.0. The summed E-state index contributed by atoms with van der Waals surface area (Å²) in [4.78, 5) is 1.68. The highest BCUT2D eigenvalue weighted by molar-refractivity contribution is 5.53. The maximum absolute atomic E-state index is 13.0. The Kier molecular flexibility index (Phi) is 4.18. The molecule has 0 aliphatic heterocycles. The first-order valence-corrected chi connectivity index (χ1v) is 4.91. The van der Waals surface area contributed by atoms with Gasteiger partial charge in [0.2, 0.25) is 0 Å². The van der Waals surface area contributed by atoms with Crippen LogP contribution < -0.4 is 10.6 Å². The topological polar surface area (TPSA) is 29.3 Å². The van der Waals surface area contributed by atoms with Crippen LogP contribution >= 0.6 is 0 Å². The molecule has 1 atom stereocenters. The van der Waals surface area contributed by atoms with E-state index in [1.54, 1.807) is 19.0 Å². The fourth-order valence-electron chi connectivity index (χ4n) is 1.47. The fraction of sp³-hybridized carbons (Fsp3) is 0.455. The lowest BCUT2D eigenvalue weighted by Crippen LogP contribution is -2.31. The van der Waals surface area contributed by atoms with E-state index < -0.39 is 18.3 Å². The first kappa shape index (κ1) is 12.8. The molecule has 2 N–H and O–H groups in total. The fourth-order valence-corrected chi connectivity index (χ4v) is 1.47. The number of benzene rings is 1. The summed E-state index contributed by atoms with van der Waals surface area (Å²) in [6, 6.07) is 2.84. The number of nitrogens with zero attached hydrogens (tertiary/aromatic N) is 1. The van der Waals surface area contributed by atoms with E-state index in [0.29, 0.717) is 11.3 Å². The van der Waals surface area contributed by atoms with E-state index in [2.05, 4.69) is 0 Å². The third-order valence-electron chi connectivity index (χ3n) is 2.31. The van der Waals surface area contributed by atoms with Crippen LogP contribution in [0.1, 0.15) is 5.56 Å². The van der Waals surface area contributed by atoms with Crippen molar-refractivity contribution in [3.63, 3.8) is 0 Å². The van der Waals surface area contributed by atoms with Crippen LogP contribution in [0.4, 0.5) is 18.9 Å². The van der Waals surface area contributed by atoms with E-state index in [9.17, 15) is 13.2 Å². The molecule has 0 saturated heterocycles. The third kappa shape index (κ3) is 3.13. The van der Waals surface area contributed by atoms with E-state index in [0.717, 1.165) is 0 Å². The molecule has 0 spiro atoms.